The second-order valence-corrected chi connectivity index (χ2v) is 7.51. The highest BCUT2D eigenvalue weighted by Crippen LogP contribution is 2.21. The lowest BCUT2D eigenvalue weighted by Crippen LogP contribution is -2.41. The molecule has 25 heavy (non-hydrogen) atoms. The molecule has 0 aromatic carbocycles. The van der Waals surface area contributed by atoms with Crippen LogP contribution >= 0.6 is 0 Å². The zero-order valence-electron chi connectivity index (χ0n) is 15.4. The number of furan rings is 1. The van der Waals surface area contributed by atoms with Gasteiger partial charge in [-0.05, 0) is 45.8 Å². The van der Waals surface area contributed by atoms with Gasteiger partial charge in [-0.25, -0.2) is 4.79 Å². The van der Waals surface area contributed by atoms with E-state index in [4.69, 9.17) is 4.42 Å². The van der Waals surface area contributed by atoms with E-state index in [0.29, 0.717) is 13.1 Å². The first-order valence-corrected chi connectivity index (χ1v) is 9.03. The third-order valence-corrected chi connectivity index (χ3v) is 4.96. The number of hydrogen-bond donors (Lipinski definition) is 1. The van der Waals surface area contributed by atoms with Gasteiger partial charge in [0.2, 0.25) is 0 Å². The Hall–Kier alpha value is -2.02. The Kier molecular flexibility index (Phi) is 5.03. The Balaban J connectivity index is 1.52. The van der Waals surface area contributed by atoms with Crippen molar-refractivity contribution in [2.24, 2.45) is 0 Å². The maximum Gasteiger partial charge on any atom is 0.325 e. The van der Waals surface area contributed by atoms with Crippen molar-refractivity contribution in [2.75, 3.05) is 38.1 Å². The molecule has 0 saturated carbocycles. The van der Waals surface area contributed by atoms with Crippen molar-refractivity contribution < 1.29 is 14.0 Å². The van der Waals surface area contributed by atoms with E-state index in [1.165, 1.54) is 24.2 Å². The van der Waals surface area contributed by atoms with E-state index in [-0.39, 0.29) is 11.9 Å². The minimum Gasteiger partial charge on any atom is -0.444 e. The highest BCUT2D eigenvalue weighted by molar-refractivity contribution is 6.06. The normalized spacial score (nSPS) is 20.8. The molecular weight excluding hydrogens is 320 g/mol. The SMILES string of the molecule is CN(CCN1C(=O)NC(C)(C)C1=O)c1ccc(CN2CCCCC2)o1. The number of likely N-dealkylation sites (N-methyl/N-ethyl adjacent to an activating group) is 1. The number of urea groups is 1. The van der Waals surface area contributed by atoms with Gasteiger partial charge in [-0.3, -0.25) is 14.6 Å². The largest absolute Gasteiger partial charge is 0.444 e. The molecule has 3 rings (SSSR count). The number of piperidine rings is 1. The summed E-state index contributed by atoms with van der Waals surface area (Å²) < 4.78 is 5.94. The molecule has 2 aliphatic heterocycles. The van der Waals surface area contributed by atoms with Crippen LogP contribution in [0, 0.1) is 0 Å². The van der Waals surface area contributed by atoms with Crippen molar-refractivity contribution in [3.05, 3.63) is 17.9 Å². The maximum absolute atomic E-state index is 12.2. The lowest BCUT2D eigenvalue weighted by molar-refractivity contribution is -0.130. The van der Waals surface area contributed by atoms with Gasteiger partial charge in [-0.2, -0.15) is 0 Å². The number of nitrogens with zero attached hydrogens (tertiary/aromatic N) is 3. The van der Waals surface area contributed by atoms with Crippen LogP contribution in [0.15, 0.2) is 16.5 Å². The number of carbonyl (C=O) groups excluding carboxylic acids is 2. The van der Waals surface area contributed by atoms with Gasteiger partial charge in [0.25, 0.3) is 5.91 Å². The fraction of sp³-hybridized carbons (Fsp3) is 0.667. The third kappa shape index (κ3) is 3.98. The number of nitrogens with one attached hydrogen (secondary N) is 1. The Bertz CT molecular complexity index is 634. The smallest absolute Gasteiger partial charge is 0.325 e. The molecule has 2 aliphatic rings. The number of likely N-dealkylation sites (tertiary alicyclic amines) is 1. The number of rotatable bonds is 6. The predicted molar refractivity (Wildman–Crippen MR) is 95.4 cm³/mol. The molecule has 3 amide bonds. The molecule has 0 atom stereocenters. The standard InChI is InChI=1S/C18H28N4O3/c1-18(2)16(23)22(17(24)19-18)12-11-20(3)15-8-7-14(25-15)13-21-9-5-4-6-10-21/h7-8H,4-6,9-13H2,1-3H3,(H,19,24). The van der Waals surface area contributed by atoms with Crippen molar-refractivity contribution in [1.82, 2.24) is 15.1 Å². The van der Waals surface area contributed by atoms with Crippen LogP contribution in [0.5, 0.6) is 0 Å². The molecule has 7 nitrogen and oxygen atoms in total. The molecule has 138 valence electrons. The lowest BCUT2D eigenvalue weighted by atomic mass is 10.1. The molecule has 0 bridgehead atoms. The van der Waals surface area contributed by atoms with Crippen LogP contribution in [-0.2, 0) is 11.3 Å². The van der Waals surface area contributed by atoms with E-state index in [1.54, 1.807) is 13.8 Å². The summed E-state index contributed by atoms with van der Waals surface area (Å²) in [6.45, 7) is 7.42. The van der Waals surface area contributed by atoms with Crippen LogP contribution in [0.3, 0.4) is 0 Å². The number of imide groups is 1. The van der Waals surface area contributed by atoms with Gasteiger partial charge in [0.05, 0.1) is 6.54 Å². The maximum atomic E-state index is 12.2. The minimum atomic E-state index is -0.818. The van der Waals surface area contributed by atoms with Gasteiger partial charge >= 0.3 is 6.03 Å². The molecule has 0 spiro atoms. The van der Waals surface area contributed by atoms with Crippen molar-refractivity contribution >= 4 is 17.8 Å². The summed E-state index contributed by atoms with van der Waals surface area (Å²) in [6.07, 6.45) is 3.84. The Labute approximate surface area is 148 Å². The van der Waals surface area contributed by atoms with Crippen molar-refractivity contribution in [3.63, 3.8) is 0 Å². The average Bonchev–Trinajstić information content (AvgIpc) is 3.10. The lowest BCUT2D eigenvalue weighted by Gasteiger charge is -2.25. The fourth-order valence-electron chi connectivity index (χ4n) is 3.38. The van der Waals surface area contributed by atoms with Crippen LogP contribution in [0.1, 0.15) is 38.9 Å². The third-order valence-electron chi connectivity index (χ3n) is 4.96. The summed E-state index contributed by atoms with van der Waals surface area (Å²) in [4.78, 5) is 29.8. The molecule has 1 aromatic rings. The van der Waals surface area contributed by atoms with E-state index in [0.717, 1.165) is 31.3 Å². The van der Waals surface area contributed by atoms with Gasteiger partial charge in [0, 0.05) is 26.2 Å². The summed E-state index contributed by atoms with van der Waals surface area (Å²) in [5.41, 5.74) is -0.818. The Morgan fingerprint density at radius 1 is 1.20 bits per heavy atom. The molecule has 2 saturated heterocycles. The predicted octanol–water partition coefficient (Wildman–Crippen LogP) is 2.03. The summed E-state index contributed by atoms with van der Waals surface area (Å²) in [7, 11) is 1.91. The summed E-state index contributed by atoms with van der Waals surface area (Å²) in [5.74, 6) is 1.54. The van der Waals surface area contributed by atoms with E-state index >= 15 is 0 Å². The molecule has 1 aromatic heterocycles. The fourth-order valence-corrected chi connectivity index (χ4v) is 3.38. The number of hydrogen-bond acceptors (Lipinski definition) is 5. The first kappa shape index (κ1) is 17.8. The highest BCUT2D eigenvalue weighted by Gasteiger charge is 2.43. The number of anilines is 1. The van der Waals surface area contributed by atoms with E-state index in [9.17, 15) is 9.59 Å². The first-order valence-electron chi connectivity index (χ1n) is 9.03. The van der Waals surface area contributed by atoms with Gasteiger partial charge in [0.1, 0.15) is 11.3 Å². The second kappa shape index (κ2) is 7.07. The van der Waals surface area contributed by atoms with Gasteiger partial charge in [0.15, 0.2) is 5.88 Å². The monoisotopic (exact) mass is 348 g/mol. The molecule has 3 heterocycles. The summed E-state index contributed by atoms with van der Waals surface area (Å²) in [6, 6.07) is 3.64. The molecule has 7 heteroatoms. The first-order chi connectivity index (χ1) is 11.9. The highest BCUT2D eigenvalue weighted by atomic mass is 16.4. The Morgan fingerprint density at radius 2 is 1.92 bits per heavy atom. The van der Waals surface area contributed by atoms with Crippen LogP contribution in [0.4, 0.5) is 10.7 Å². The molecule has 0 unspecified atom stereocenters. The van der Waals surface area contributed by atoms with Crippen LogP contribution < -0.4 is 10.2 Å². The van der Waals surface area contributed by atoms with Crippen LogP contribution in [0.25, 0.3) is 0 Å². The van der Waals surface area contributed by atoms with Crippen LogP contribution in [-0.4, -0.2) is 60.5 Å². The van der Waals surface area contributed by atoms with Gasteiger partial charge in [-0.15, -0.1) is 0 Å². The number of amides is 3. The molecular formula is C18H28N4O3. The van der Waals surface area contributed by atoms with Crippen LogP contribution in [0.2, 0.25) is 0 Å². The van der Waals surface area contributed by atoms with Gasteiger partial charge in [-0.1, -0.05) is 6.42 Å². The number of carbonyl (C=O) groups is 2. The summed E-state index contributed by atoms with van der Waals surface area (Å²) >= 11 is 0. The van der Waals surface area contributed by atoms with Crippen molar-refractivity contribution in [2.45, 2.75) is 45.2 Å². The van der Waals surface area contributed by atoms with E-state index in [1.807, 2.05) is 24.1 Å². The Morgan fingerprint density at radius 3 is 2.56 bits per heavy atom. The van der Waals surface area contributed by atoms with E-state index < -0.39 is 5.54 Å². The zero-order chi connectivity index (χ0) is 18.0. The van der Waals surface area contributed by atoms with Crippen molar-refractivity contribution in [3.8, 4) is 0 Å². The van der Waals surface area contributed by atoms with Gasteiger partial charge < -0.3 is 14.6 Å². The quantitative estimate of drug-likeness (QED) is 0.797. The molecule has 2 fully saturated rings. The zero-order valence-corrected chi connectivity index (χ0v) is 15.4. The second-order valence-electron chi connectivity index (χ2n) is 7.51. The molecule has 0 radical (unpaired) electrons. The minimum absolute atomic E-state index is 0.184. The van der Waals surface area contributed by atoms with Crippen molar-refractivity contribution in [1.29, 1.82) is 0 Å². The summed E-state index contributed by atoms with van der Waals surface area (Å²) in [5, 5.41) is 2.70. The topological polar surface area (TPSA) is 69.0 Å². The molecule has 0 aliphatic carbocycles. The van der Waals surface area contributed by atoms with E-state index in [2.05, 4.69) is 10.2 Å². The average molecular weight is 348 g/mol. The molecule has 1 N–H and O–H groups in total.